The Morgan fingerprint density at radius 3 is 2.65 bits per heavy atom. The molecule has 2 aliphatic rings. The van der Waals surface area contributed by atoms with E-state index in [9.17, 15) is 14.4 Å². The lowest BCUT2D eigenvalue weighted by atomic mass is 10.0. The van der Waals surface area contributed by atoms with Crippen molar-refractivity contribution < 1.29 is 19.5 Å². The third kappa shape index (κ3) is 2.03. The standard InChI is InChI=1S/C14H14N2O4/c17-11(18)7-15-13(19)12-9-3-1-2-4-10(9)14(20)16(12)8-5-6-8/h1-4,8,12H,5-7H2,(H,15,19)(H,17,18)/t12-/m0/s1. The number of amides is 2. The molecule has 0 spiro atoms. The van der Waals surface area contributed by atoms with Crippen LogP contribution in [0.4, 0.5) is 0 Å². The molecule has 3 rings (SSSR count). The fourth-order valence-corrected chi connectivity index (χ4v) is 2.59. The topological polar surface area (TPSA) is 86.7 Å². The van der Waals surface area contributed by atoms with Crippen LogP contribution in [0.5, 0.6) is 0 Å². The van der Waals surface area contributed by atoms with Crippen molar-refractivity contribution in [2.75, 3.05) is 6.54 Å². The highest BCUT2D eigenvalue weighted by Crippen LogP contribution is 2.41. The Balaban J connectivity index is 1.91. The van der Waals surface area contributed by atoms with Crippen LogP contribution in [0, 0.1) is 0 Å². The third-order valence-electron chi connectivity index (χ3n) is 3.60. The zero-order valence-electron chi connectivity index (χ0n) is 10.7. The number of carbonyl (C=O) groups is 3. The summed E-state index contributed by atoms with van der Waals surface area (Å²) < 4.78 is 0. The molecule has 20 heavy (non-hydrogen) atoms. The molecule has 1 fully saturated rings. The molecule has 0 aromatic heterocycles. The van der Waals surface area contributed by atoms with Crippen LogP contribution < -0.4 is 5.32 Å². The summed E-state index contributed by atoms with van der Waals surface area (Å²) >= 11 is 0. The number of carbonyl (C=O) groups excluding carboxylic acids is 2. The van der Waals surface area contributed by atoms with Crippen molar-refractivity contribution in [2.45, 2.75) is 24.9 Å². The van der Waals surface area contributed by atoms with E-state index in [0.717, 1.165) is 12.8 Å². The fourth-order valence-electron chi connectivity index (χ4n) is 2.59. The van der Waals surface area contributed by atoms with Gasteiger partial charge in [0.25, 0.3) is 5.91 Å². The van der Waals surface area contributed by atoms with Crippen molar-refractivity contribution >= 4 is 17.8 Å². The summed E-state index contributed by atoms with van der Waals surface area (Å²) in [5, 5.41) is 11.0. The maximum Gasteiger partial charge on any atom is 0.322 e. The van der Waals surface area contributed by atoms with Crippen LogP contribution in [-0.4, -0.2) is 40.4 Å². The lowest BCUT2D eigenvalue weighted by molar-refractivity contribution is -0.138. The molecule has 1 aliphatic heterocycles. The Bertz CT molecular complexity index is 595. The molecule has 1 atom stereocenters. The zero-order chi connectivity index (χ0) is 14.3. The van der Waals surface area contributed by atoms with Gasteiger partial charge in [0.05, 0.1) is 0 Å². The number of nitrogens with zero attached hydrogens (tertiary/aromatic N) is 1. The van der Waals surface area contributed by atoms with E-state index in [1.165, 1.54) is 0 Å². The molecule has 0 unspecified atom stereocenters. The van der Waals surface area contributed by atoms with E-state index in [4.69, 9.17) is 5.11 Å². The number of nitrogens with one attached hydrogen (secondary N) is 1. The Kier molecular flexibility index (Phi) is 2.93. The van der Waals surface area contributed by atoms with E-state index in [1.54, 1.807) is 29.2 Å². The van der Waals surface area contributed by atoms with Crippen molar-refractivity contribution in [1.29, 1.82) is 0 Å². The minimum atomic E-state index is -1.10. The summed E-state index contributed by atoms with van der Waals surface area (Å²) in [4.78, 5) is 36.7. The maximum atomic E-state index is 12.4. The van der Waals surface area contributed by atoms with Crippen LogP contribution in [0.1, 0.15) is 34.8 Å². The van der Waals surface area contributed by atoms with Gasteiger partial charge in [-0.25, -0.2) is 0 Å². The van der Waals surface area contributed by atoms with Crippen molar-refractivity contribution in [3.8, 4) is 0 Å². The van der Waals surface area contributed by atoms with Crippen molar-refractivity contribution in [3.63, 3.8) is 0 Å². The Labute approximate surface area is 115 Å². The second kappa shape index (κ2) is 4.63. The summed E-state index contributed by atoms with van der Waals surface area (Å²) in [6, 6.07) is 6.39. The predicted octanol–water partition coefficient (Wildman–Crippen LogP) is 0.547. The van der Waals surface area contributed by atoms with Gasteiger partial charge < -0.3 is 15.3 Å². The lowest BCUT2D eigenvalue weighted by Crippen LogP contribution is -2.41. The van der Waals surface area contributed by atoms with Gasteiger partial charge >= 0.3 is 5.97 Å². The van der Waals surface area contributed by atoms with Crippen molar-refractivity contribution in [1.82, 2.24) is 10.2 Å². The van der Waals surface area contributed by atoms with E-state index >= 15 is 0 Å². The van der Waals surface area contributed by atoms with Crippen LogP contribution in [-0.2, 0) is 9.59 Å². The number of rotatable bonds is 4. The minimum absolute atomic E-state index is 0.0930. The Morgan fingerprint density at radius 2 is 2.00 bits per heavy atom. The normalized spacial score (nSPS) is 20.7. The van der Waals surface area contributed by atoms with Gasteiger partial charge in [-0.3, -0.25) is 14.4 Å². The summed E-state index contributed by atoms with van der Waals surface area (Å²) in [6.45, 7) is -0.440. The van der Waals surface area contributed by atoms with Crippen molar-refractivity contribution in [3.05, 3.63) is 35.4 Å². The number of carboxylic acids is 1. The Hall–Kier alpha value is -2.37. The van der Waals surface area contributed by atoms with Crippen LogP contribution in [0.3, 0.4) is 0 Å². The summed E-state index contributed by atoms with van der Waals surface area (Å²) in [7, 11) is 0. The minimum Gasteiger partial charge on any atom is -0.480 e. The third-order valence-corrected chi connectivity index (χ3v) is 3.60. The molecule has 104 valence electrons. The van der Waals surface area contributed by atoms with E-state index in [2.05, 4.69) is 5.32 Å². The largest absolute Gasteiger partial charge is 0.480 e. The quantitative estimate of drug-likeness (QED) is 0.839. The molecule has 1 aliphatic carbocycles. The molecule has 2 N–H and O–H groups in total. The second-order valence-electron chi connectivity index (χ2n) is 5.04. The molecule has 0 radical (unpaired) electrons. The monoisotopic (exact) mass is 274 g/mol. The molecule has 0 saturated heterocycles. The average molecular weight is 274 g/mol. The predicted molar refractivity (Wildman–Crippen MR) is 69.0 cm³/mol. The van der Waals surface area contributed by atoms with Gasteiger partial charge in [0.2, 0.25) is 5.91 Å². The highest BCUT2D eigenvalue weighted by atomic mass is 16.4. The van der Waals surface area contributed by atoms with Gasteiger partial charge in [0.1, 0.15) is 12.6 Å². The van der Waals surface area contributed by atoms with Gasteiger partial charge in [-0.05, 0) is 24.5 Å². The highest BCUT2D eigenvalue weighted by Gasteiger charge is 2.47. The molecule has 2 amide bonds. The van der Waals surface area contributed by atoms with Gasteiger partial charge in [-0.15, -0.1) is 0 Å². The molecule has 1 aromatic rings. The van der Waals surface area contributed by atoms with Crippen LogP contribution in [0.15, 0.2) is 24.3 Å². The molecular weight excluding hydrogens is 260 g/mol. The van der Waals surface area contributed by atoms with Crippen molar-refractivity contribution in [2.24, 2.45) is 0 Å². The first-order valence-electron chi connectivity index (χ1n) is 6.50. The van der Waals surface area contributed by atoms with E-state index in [0.29, 0.717) is 11.1 Å². The van der Waals surface area contributed by atoms with E-state index in [1.807, 2.05) is 0 Å². The molecule has 6 heteroatoms. The molecule has 0 bridgehead atoms. The smallest absolute Gasteiger partial charge is 0.322 e. The SMILES string of the molecule is O=C(O)CNC(=O)[C@@H]1c2ccccc2C(=O)N1C1CC1. The van der Waals surface area contributed by atoms with Crippen LogP contribution >= 0.6 is 0 Å². The maximum absolute atomic E-state index is 12.4. The van der Waals surface area contributed by atoms with Gasteiger partial charge in [-0.2, -0.15) is 0 Å². The number of carboxylic acid groups (broad SMARTS) is 1. The number of hydrogen-bond acceptors (Lipinski definition) is 3. The Morgan fingerprint density at radius 1 is 1.30 bits per heavy atom. The van der Waals surface area contributed by atoms with E-state index < -0.39 is 24.5 Å². The first-order valence-corrected chi connectivity index (χ1v) is 6.50. The number of fused-ring (bicyclic) bond motifs is 1. The van der Waals surface area contributed by atoms with Gasteiger partial charge in [-0.1, -0.05) is 18.2 Å². The number of aliphatic carboxylic acids is 1. The first kappa shape index (κ1) is 12.7. The lowest BCUT2D eigenvalue weighted by Gasteiger charge is -2.24. The summed E-state index contributed by atoms with van der Waals surface area (Å²) in [5.74, 6) is -1.68. The number of hydrogen-bond donors (Lipinski definition) is 2. The van der Waals surface area contributed by atoms with E-state index in [-0.39, 0.29) is 11.9 Å². The van der Waals surface area contributed by atoms with Gasteiger partial charge in [0.15, 0.2) is 0 Å². The second-order valence-corrected chi connectivity index (χ2v) is 5.04. The number of benzene rings is 1. The zero-order valence-corrected chi connectivity index (χ0v) is 10.7. The molecule has 6 nitrogen and oxygen atoms in total. The highest BCUT2D eigenvalue weighted by molar-refractivity contribution is 6.05. The summed E-state index contributed by atoms with van der Waals surface area (Å²) in [6.07, 6.45) is 1.78. The molecule has 1 saturated carbocycles. The van der Waals surface area contributed by atoms with Crippen LogP contribution in [0.25, 0.3) is 0 Å². The molecular formula is C14H14N2O4. The molecule has 1 aromatic carbocycles. The summed E-state index contributed by atoms with van der Waals surface area (Å²) in [5.41, 5.74) is 1.20. The van der Waals surface area contributed by atoms with Crippen LogP contribution in [0.2, 0.25) is 0 Å². The fraction of sp³-hybridized carbons (Fsp3) is 0.357. The average Bonchev–Trinajstić information content (AvgIpc) is 3.22. The molecule has 1 heterocycles. The first-order chi connectivity index (χ1) is 9.59. The van der Waals surface area contributed by atoms with Gasteiger partial charge in [0, 0.05) is 11.6 Å².